The Kier molecular flexibility index (Phi) is 4.74. The molecule has 0 fully saturated rings. The van der Waals surface area contributed by atoms with Crippen LogP contribution < -0.4 is 5.56 Å². The Hall–Kier alpha value is -1.54. The third kappa shape index (κ3) is 2.65. The highest BCUT2D eigenvalue weighted by molar-refractivity contribution is 9.10. The smallest absolute Gasteiger partial charge is 0.310 e. The van der Waals surface area contributed by atoms with Crippen LogP contribution in [0.4, 0.5) is 0 Å². The molecule has 0 spiro atoms. The van der Waals surface area contributed by atoms with Gasteiger partial charge in [0.05, 0.1) is 17.1 Å². The summed E-state index contributed by atoms with van der Waals surface area (Å²) in [6.45, 7) is 3.56. The molecule has 1 atom stereocenters. The number of aromatic nitrogens is 1. The zero-order chi connectivity index (χ0) is 13.9. The van der Waals surface area contributed by atoms with E-state index >= 15 is 0 Å². The topological polar surface area (TPSA) is 59.3 Å². The zero-order valence-electron chi connectivity index (χ0n) is 10.2. The predicted octanol–water partition coefficient (Wildman–Crippen LogP) is 2.13. The molecule has 0 radical (unpaired) electrons. The number of pyridine rings is 1. The first kappa shape index (κ1) is 14.5. The Bertz CT molecular complexity index is 569. The Labute approximate surface area is 114 Å². The Morgan fingerprint density at radius 2 is 2.28 bits per heavy atom. The molecule has 1 aromatic heterocycles. The minimum atomic E-state index is -0.929. The second kappa shape index (κ2) is 5.87. The van der Waals surface area contributed by atoms with Crippen molar-refractivity contribution in [3.8, 4) is 12.3 Å². The van der Waals surface area contributed by atoms with E-state index in [9.17, 15) is 9.59 Å². The van der Waals surface area contributed by atoms with Gasteiger partial charge < -0.3 is 5.11 Å². The Morgan fingerprint density at radius 1 is 1.67 bits per heavy atom. The van der Waals surface area contributed by atoms with Crippen molar-refractivity contribution in [2.75, 3.05) is 0 Å². The molecule has 0 saturated carbocycles. The van der Waals surface area contributed by atoms with Crippen LogP contribution in [-0.2, 0) is 11.3 Å². The van der Waals surface area contributed by atoms with E-state index in [4.69, 9.17) is 11.5 Å². The zero-order valence-corrected chi connectivity index (χ0v) is 11.8. The van der Waals surface area contributed by atoms with Gasteiger partial charge in [0, 0.05) is 5.56 Å². The number of terminal acetylenes is 1. The fourth-order valence-corrected chi connectivity index (χ4v) is 2.40. The van der Waals surface area contributed by atoms with Crippen molar-refractivity contribution in [2.45, 2.75) is 32.7 Å². The van der Waals surface area contributed by atoms with Crippen LogP contribution in [0.2, 0.25) is 0 Å². The van der Waals surface area contributed by atoms with Gasteiger partial charge in [0.1, 0.15) is 0 Å². The van der Waals surface area contributed by atoms with Crippen LogP contribution in [0.5, 0.6) is 0 Å². The molecule has 1 aromatic rings. The van der Waals surface area contributed by atoms with Gasteiger partial charge in [0.2, 0.25) is 0 Å². The number of carboxylic acid groups (broad SMARTS) is 1. The van der Waals surface area contributed by atoms with Crippen molar-refractivity contribution in [1.29, 1.82) is 0 Å². The van der Waals surface area contributed by atoms with E-state index in [0.29, 0.717) is 22.2 Å². The molecule has 1 N–H and O–H groups in total. The SMILES string of the molecule is C#CCn1c(Br)cc(C(CC)C(=O)O)c(C)c1=O. The van der Waals surface area contributed by atoms with Crippen molar-refractivity contribution < 1.29 is 9.90 Å². The molecule has 1 heterocycles. The lowest BCUT2D eigenvalue weighted by Gasteiger charge is -2.16. The van der Waals surface area contributed by atoms with Crippen molar-refractivity contribution >= 4 is 21.9 Å². The van der Waals surface area contributed by atoms with Gasteiger partial charge in [-0.15, -0.1) is 6.42 Å². The van der Waals surface area contributed by atoms with E-state index in [0.717, 1.165) is 0 Å². The first-order valence-corrected chi connectivity index (χ1v) is 6.29. The van der Waals surface area contributed by atoms with E-state index in [-0.39, 0.29) is 12.1 Å². The van der Waals surface area contributed by atoms with E-state index in [1.165, 1.54) is 4.57 Å². The van der Waals surface area contributed by atoms with Gasteiger partial charge in [0.15, 0.2) is 0 Å². The number of hydrogen-bond acceptors (Lipinski definition) is 2. The molecule has 4 nitrogen and oxygen atoms in total. The summed E-state index contributed by atoms with van der Waals surface area (Å²) in [5, 5.41) is 9.15. The molecular formula is C13H14BrNO3. The van der Waals surface area contributed by atoms with Gasteiger partial charge >= 0.3 is 5.97 Å². The number of carboxylic acids is 1. The summed E-state index contributed by atoms with van der Waals surface area (Å²) in [5.74, 6) is 0.794. The second-order valence-corrected chi connectivity index (χ2v) is 4.75. The fraction of sp³-hybridized carbons (Fsp3) is 0.385. The van der Waals surface area contributed by atoms with Crippen LogP contribution in [0.15, 0.2) is 15.5 Å². The van der Waals surface area contributed by atoms with Crippen LogP contribution in [0.25, 0.3) is 0 Å². The molecule has 1 rings (SSSR count). The summed E-state index contributed by atoms with van der Waals surface area (Å²) in [7, 11) is 0. The Balaban J connectivity index is 3.47. The number of aliphatic carboxylic acids is 1. The third-order valence-corrected chi connectivity index (χ3v) is 3.52. The second-order valence-electron chi connectivity index (χ2n) is 3.94. The number of halogens is 1. The average Bonchev–Trinajstić information content (AvgIpc) is 2.31. The highest BCUT2D eigenvalue weighted by atomic mass is 79.9. The summed E-state index contributed by atoms with van der Waals surface area (Å²) >= 11 is 3.25. The maximum absolute atomic E-state index is 12.1. The van der Waals surface area contributed by atoms with Crippen molar-refractivity contribution in [1.82, 2.24) is 4.57 Å². The maximum atomic E-state index is 12.1. The summed E-state index contributed by atoms with van der Waals surface area (Å²) in [4.78, 5) is 23.2. The highest BCUT2D eigenvalue weighted by Crippen LogP contribution is 2.24. The molecule has 0 bridgehead atoms. The molecule has 0 saturated heterocycles. The minimum absolute atomic E-state index is 0.157. The van der Waals surface area contributed by atoms with Crippen LogP contribution in [0, 0.1) is 19.3 Å². The molecule has 0 aliphatic rings. The van der Waals surface area contributed by atoms with Crippen molar-refractivity contribution in [2.24, 2.45) is 0 Å². The lowest BCUT2D eigenvalue weighted by atomic mass is 9.94. The molecule has 1 unspecified atom stereocenters. The lowest BCUT2D eigenvalue weighted by molar-refractivity contribution is -0.138. The number of nitrogens with zero attached hydrogens (tertiary/aromatic N) is 1. The maximum Gasteiger partial charge on any atom is 0.310 e. The standard InChI is InChI=1S/C13H14BrNO3/c1-4-6-15-11(14)7-10(8(3)12(15)16)9(5-2)13(17)18/h1,7,9H,5-6H2,2-3H3,(H,17,18). The monoisotopic (exact) mass is 311 g/mol. The predicted molar refractivity (Wildman–Crippen MR) is 72.6 cm³/mol. The first-order chi connectivity index (χ1) is 8.43. The van der Waals surface area contributed by atoms with Gasteiger partial charge in [0.25, 0.3) is 5.56 Å². The molecule has 0 amide bonds. The fourth-order valence-electron chi connectivity index (χ4n) is 1.87. The average molecular weight is 312 g/mol. The molecule has 0 aromatic carbocycles. The van der Waals surface area contributed by atoms with Crippen LogP contribution in [0.3, 0.4) is 0 Å². The van der Waals surface area contributed by atoms with Gasteiger partial charge in [-0.05, 0) is 40.9 Å². The molecular weight excluding hydrogens is 298 g/mol. The minimum Gasteiger partial charge on any atom is -0.481 e. The van der Waals surface area contributed by atoms with Crippen molar-refractivity contribution in [3.05, 3.63) is 32.2 Å². The quantitative estimate of drug-likeness (QED) is 0.684. The van der Waals surface area contributed by atoms with Gasteiger partial charge in [-0.25, -0.2) is 0 Å². The summed E-state index contributed by atoms with van der Waals surface area (Å²) in [6.07, 6.45) is 5.63. The molecule has 18 heavy (non-hydrogen) atoms. The largest absolute Gasteiger partial charge is 0.481 e. The van der Waals surface area contributed by atoms with E-state index in [2.05, 4.69) is 21.9 Å². The van der Waals surface area contributed by atoms with E-state index in [1.54, 1.807) is 19.9 Å². The van der Waals surface area contributed by atoms with Crippen LogP contribution in [-0.4, -0.2) is 15.6 Å². The molecule has 0 aliphatic carbocycles. The van der Waals surface area contributed by atoms with Gasteiger partial charge in [-0.2, -0.15) is 0 Å². The van der Waals surface area contributed by atoms with E-state index < -0.39 is 11.9 Å². The van der Waals surface area contributed by atoms with Gasteiger partial charge in [-0.1, -0.05) is 12.8 Å². The summed E-state index contributed by atoms with van der Waals surface area (Å²) < 4.78 is 1.90. The van der Waals surface area contributed by atoms with E-state index in [1.807, 2.05) is 0 Å². The van der Waals surface area contributed by atoms with Crippen LogP contribution in [0.1, 0.15) is 30.4 Å². The molecule has 0 aliphatic heterocycles. The van der Waals surface area contributed by atoms with Crippen LogP contribution >= 0.6 is 15.9 Å². The Morgan fingerprint density at radius 3 is 2.72 bits per heavy atom. The number of carbonyl (C=O) groups is 1. The summed E-state index contributed by atoms with van der Waals surface area (Å²) in [5.41, 5.74) is 0.717. The normalized spacial score (nSPS) is 11.9. The van der Waals surface area contributed by atoms with Gasteiger partial charge in [-0.3, -0.25) is 14.2 Å². The summed E-state index contributed by atoms with van der Waals surface area (Å²) in [6, 6.07) is 1.66. The first-order valence-electron chi connectivity index (χ1n) is 5.50. The molecule has 96 valence electrons. The third-order valence-electron chi connectivity index (χ3n) is 2.86. The molecule has 5 heteroatoms. The highest BCUT2D eigenvalue weighted by Gasteiger charge is 2.22. The van der Waals surface area contributed by atoms with Crippen molar-refractivity contribution in [3.63, 3.8) is 0 Å². The number of hydrogen-bond donors (Lipinski definition) is 1. The lowest BCUT2D eigenvalue weighted by Crippen LogP contribution is -2.26. The number of rotatable bonds is 4.